The summed E-state index contributed by atoms with van der Waals surface area (Å²) in [5, 5.41) is 0.158. The van der Waals surface area contributed by atoms with Gasteiger partial charge in [0, 0.05) is 19.1 Å². The van der Waals surface area contributed by atoms with Gasteiger partial charge in [0.2, 0.25) is 5.22 Å². The van der Waals surface area contributed by atoms with Crippen LogP contribution in [0, 0.1) is 0 Å². The molecule has 17 heavy (non-hydrogen) atoms. The van der Waals surface area contributed by atoms with Crippen molar-refractivity contribution >= 4 is 17.5 Å². The molecule has 0 radical (unpaired) electrons. The minimum Gasteiger partial charge on any atom is -0.452 e. The first-order valence-corrected chi connectivity index (χ1v) is 6.03. The standard InChI is InChI=1S/C12H19ClN2O2/c1-5-15(9(2)8-14(3)4)12(16)10-6-7-17-11(10)13/h6-7,9H,5,8H2,1-4H3. The Balaban J connectivity index is 2.81. The molecular formula is C12H19ClN2O2. The van der Waals surface area contributed by atoms with Crippen molar-refractivity contribution in [3.8, 4) is 0 Å². The molecule has 0 fully saturated rings. The molecule has 0 aliphatic rings. The van der Waals surface area contributed by atoms with Gasteiger partial charge in [-0.3, -0.25) is 4.79 Å². The number of likely N-dealkylation sites (N-methyl/N-ethyl adjacent to an activating group) is 2. The van der Waals surface area contributed by atoms with E-state index in [0.29, 0.717) is 12.1 Å². The third kappa shape index (κ3) is 3.48. The first-order valence-electron chi connectivity index (χ1n) is 5.66. The highest BCUT2D eigenvalue weighted by Crippen LogP contribution is 2.19. The van der Waals surface area contributed by atoms with Crippen LogP contribution < -0.4 is 0 Å². The Labute approximate surface area is 107 Å². The molecule has 1 aromatic heterocycles. The Morgan fingerprint density at radius 1 is 1.53 bits per heavy atom. The van der Waals surface area contributed by atoms with Gasteiger partial charge in [-0.1, -0.05) is 0 Å². The Morgan fingerprint density at radius 3 is 2.59 bits per heavy atom. The minimum absolute atomic E-state index is 0.0828. The number of hydrogen-bond donors (Lipinski definition) is 0. The summed E-state index contributed by atoms with van der Waals surface area (Å²) in [6, 6.07) is 1.74. The molecule has 1 atom stereocenters. The van der Waals surface area contributed by atoms with E-state index in [4.69, 9.17) is 16.0 Å². The summed E-state index contributed by atoms with van der Waals surface area (Å²) in [6.07, 6.45) is 1.43. The SMILES string of the molecule is CCN(C(=O)c1ccoc1Cl)C(C)CN(C)C. The van der Waals surface area contributed by atoms with E-state index in [9.17, 15) is 4.79 Å². The fourth-order valence-corrected chi connectivity index (χ4v) is 2.08. The molecular weight excluding hydrogens is 240 g/mol. The molecule has 0 aliphatic heterocycles. The highest BCUT2D eigenvalue weighted by atomic mass is 35.5. The summed E-state index contributed by atoms with van der Waals surface area (Å²) in [6.45, 7) is 5.44. The number of nitrogens with zero attached hydrogens (tertiary/aromatic N) is 2. The molecule has 1 rings (SSSR count). The molecule has 0 saturated heterocycles. The Morgan fingerprint density at radius 2 is 2.18 bits per heavy atom. The smallest absolute Gasteiger partial charge is 0.259 e. The first kappa shape index (κ1) is 14.1. The van der Waals surface area contributed by atoms with Crippen LogP contribution in [-0.4, -0.2) is 48.9 Å². The number of carbonyl (C=O) groups excluding carboxylic acids is 1. The average molecular weight is 259 g/mol. The van der Waals surface area contributed by atoms with Crippen LogP contribution in [0.3, 0.4) is 0 Å². The van der Waals surface area contributed by atoms with E-state index in [0.717, 1.165) is 6.54 Å². The van der Waals surface area contributed by atoms with Crippen LogP contribution in [0.15, 0.2) is 16.7 Å². The van der Waals surface area contributed by atoms with Crippen molar-refractivity contribution in [3.63, 3.8) is 0 Å². The quantitative estimate of drug-likeness (QED) is 0.814. The predicted octanol–water partition coefficient (Wildman–Crippen LogP) is 2.35. The summed E-state index contributed by atoms with van der Waals surface area (Å²) in [5.41, 5.74) is 0.430. The molecule has 4 nitrogen and oxygen atoms in total. The fourth-order valence-electron chi connectivity index (χ4n) is 1.88. The molecule has 1 unspecified atom stereocenters. The summed E-state index contributed by atoms with van der Waals surface area (Å²) in [5.74, 6) is -0.0828. The topological polar surface area (TPSA) is 36.7 Å². The maximum absolute atomic E-state index is 12.2. The second-order valence-electron chi connectivity index (χ2n) is 4.31. The third-order valence-corrected chi connectivity index (χ3v) is 2.90. The Bertz CT molecular complexity index is 376. The van der Waals surface area contributed by atoms with E-state index in [-0.39, 0.29) is 17.2 Å². The number of furan rings is 1. The van der Waals surface area contributed by atoms with Crippen LogP contribution in [0.2, 0.25) is 5.22 Å². The zero-order valence-corrected chi connectivity index (χ0v) is 11.5. The van der Waals surface area contributed by atoms with E-state index in [1.165, 1.54) is 6.26 Å². The van der Waals surface area contributed by atoms with Crippen molar-refractivity contribution < 1.29 is 9.21 Å². The van der Waals surface area contributed by atoms with Crippen LogP contribution in [0.4, 0.5) is 0 Å². The van der Waals surface area contributed by atoms with Crippen molar-refractivity contribution in [1.82, 2.24) is 9.80 Å². The molecule has 0 spiro atoms. The average Bonchev–Trinajstić information content (AvgIpc) is 2.64. The van der Waals surface area contributed by atoms with Crippen LogP contribution in [0.5, 0.6) is 0 Å². The maximum atomic E-state index is 12.2. The molecule has 0 bridgehead atoms. The second-order valence-corrected chi connectivity index (χ2v) is 4.65. The van der Waals surface area contributed by atoms with Crippen molar-refractivity contribution in [2.75, 3.05) is 27.2 Å². The Kier molecular flexibility index (Phi) is 5.02. The van der Waals surface area contributed by atoms with Crippen LogP contribution in [0.1, 0.15) is 24.2 Å². The summed E-state index contributed by atoms with van der Waals surface area (Å²) in [7, 11) is 3.97. The molecule has 1 heterocycles. The predicted molar refractivity (Wildman–Crippen MR) is 68.4 cm³/mol. The number of halogens is 1. The van der Waals surface area contributed by atoms with Crippen LogP contribution in [-0.2, 0) is 0 Å². The van der Waals surface area contributed by atoms with Crippen molar-refractivity contribution in [2.24, 2.45) is 0 Å². The third-order valence-electron chi connectivity index (χ3n) is 2.61. The van der Waals surface area contributed by atoms with Gasteiger partial charge < -0.3 is 14.2 Å². The monoisotopic (exact) mass is 258 g/mol. The van der Waals surface area contributed by atoms with Crippen molar-refractivity contribution in [2.45, 2.75) is 19.9 Å². The number of amides is 1. The lowest BCUT2D eigenvalue weighted by Crippen LogP contribution is -2.43. The molecule has 0 N–H and O–H groups in total. The van der Waals surface area contributed by atoms with Gasteiger partial charge in [-0.25, -0.2) is 0 Å². The highest BCUT2D eigenvalue weighted by Gasteiger charge is 2.23. The summed E-state index contributed by atoms with van der Waals surface area (Å²) < 4.78 is 4.95. The van der Waals surface area contributed by atoms with E-state index in [1.54, 1.807) is 11.0 Å². The maximum Gasteiger partial charge on any atom is 0.259 e. The zero-order valence-electron chi connectivity index (χ0n) is 10.7. The van der Waals surface area contributed by atoms with Gasteiger partial charge in [-0.2, -0.15) is 0 Å². The second kappa shape index (κ2) is 6.07. The van der Waals surface area contributed by atoms with Crippen molar-refractivity contribution in [3.05, 3.63) is 23.1 Å². The van der Waals surface area contributed by atoms with Gasteiger partial charge in [-0.05, 0) is 45.6 Å². The van der Waals surface area contributed by atoms with Gasteiger partial charge in [0.25, 0.3) is 5.91 Å². The molecule has 96 valence electrons. The largest absolute Gasteiger partial charge is 0.452 e. The molecule has 1 aromatic rings. The summed E-state index contributed by atoms with van der Waals surface area (Å²) >= 11 is 5.82. The number of rotatable bonds is 5. The van der Waals surface area contributed by atoms with E-state index < -0.39 is 0 Å². The lowest BCUT2D eigenvalue weighted by molar-refractivity contribution is 0.0678. The lowest BCUT2D eigenvalue weighted by atomic mass is 10.2. The minimum atomic E-state index is -0.0828. The van der Waals surface area contributed by atoms with E-state index >= 15 is 0 Å². The van der Waals surface area contributed by atoms with Gasteiger partial charge in [-0.15, -0.1) is 0 Å². The number of hydrogen-bond acceptors (Lipinski definition) is 3. The van der Waals surface area contributed by atoms with Crippen LogP contribution >= 0.6 is 11.6 Å². The normalized spacial score (nSPS) is 12.8. The molecule has 5 heteroatoms. The fraction of sp³-hybridized carbons (Fsp3) is 0.583. The number of carbonyl (C=O) groups is 1. The van der Waals surface area contributed by atoms with Gasteiger partial charge in [0.15, 0.2) is 0 Å². The van der Waals surface area contributed by atoms with E-state index in [2.05, 4.69) is 4.90 Å². The zero-order chi connectivity index (χ0) is 13.0. The molecule has 1 amide bonds. The summed E-state index contributed by atoms with van der Waals surface area (Å²) in [4.78, 5) is 16.1. The Hall–Kier alpha value is -1.00. The molecule has 0 saturated carbocycles. The molecule has 0 aliphatic carbocycles. The van der Waals surface area contributed by atoms with Gasteiger partial charge >= 0.3 is 0 Å². The first-order chi connectivity index (χ1) is 7.97. The van der Waals surface area contributed by atoms with E-state index in [1.807, 2.05) is 27.9 Å². The van der Waals surface area contributed by atoms with Crippen molar-refractivity contribution in [1.29, 1.82) is 0 Å². The highest BCUT2D eigenvalue weighted by molar-refractivity contribution is 6.32. The molecule has 0 aromatic carbocycles. The lowest BCUT2D eigenvalue weighted by Gasteiger charge is -2.29. The van der Waals surface area contributed by atoms with Gasteiger partial charge in [0.05, 0.1) is 11.8 Å². The van der Waals surface area contributed by atoms with Crippen LogP contribution in [0.25, 0.3) is 0 Å². The van der Waals surface area contributed by atoms with Gasteiger partial charge in [0.1, 0.15) is 0 Å².